The third kappa shape index (κ3) is 2.37. The third-order valence-corrected chi connectivity index (χ3v) is 4.97. The number of benzene rings is 1. The van der Waals surface area contributed by atoms with Gasteiger partial charge in [-0.25, -0.2) is 0 Å². The number of hydrogen-bond donors (Lipinski definition) is 1. The maximum Gasteiger partial charge on any atom is 0.178 e. The summed E-state index contributed by atoms with van der Waals surface area (Å²) in [5.74, 6) is 1.68. The molecule has 3 rings (SSSR count). The van der Waals surface area contributed by atoms with Gasteiger partial charge in [-0.05, 0) is 77.7 Å². The molecular weight excluding hydrogens is 355 g/mol. The monoisotopic (exact) mass is 372 g/mol. The Morgan fingerprint density at radius 3 is 3.00 bits per heavy atom. The Hall–Kier alpha value is -0.360. The van der Waals surface area contributed by atoms with E-state index in [4.69, 9.17) is 12.2 Å². The number of aromatic nitrogens is 2. The highest BCUT2D eigenvalue weighted by atomic mass is 127. The van der Waals surface area contributed by atoms with Crippen molar-refractivity contribution >= 4 is 45.8 Å². The van der Waals surface area contributed by atoms with Crippen LogP contribution in [0.1, 0.15) is 26.2 Å². The van der Waals surface area contributed by atoms with E-state index < -0.39 is 0 Å². The van der Waals surface area contributed by atoms with E-state index in [9.17, 15) is 0 Å². The van der Waals surface area contributed by atoms with Gasteiger partial charge in [-0.2, -0.15) is 0 Å². The molecule has 96 valence electrons. The molecule has 4 heteroatoms. The number of nitrogens with one attached hydrogen (secondary N) is 1. The van der Waals surface area contributed by atoms with Gasteiger partial charge in [0.1, 0.15) is 0 Å². The molecule has 1 aliphatic carbocycles. The van der Waals surface area contributed by atoms with Crippen molar-refractivity contribution in [1.82, 2.24) is 9.55 Å². The molecule has 2 aromatic rings. The highest BCUT2D eigenvalue weighted by Gasteiger charge is 2.22. The van der Waals surface area contributed by atoms with Crippen LogP contribution in [0.2, 0.25) is 0 Å². The van der Waals surface area contributed by atoms with Gasteiger partial charge >= 0.3 is 0 Å². The van der Waals surface area contributed by atoms with Gasteiger partial charge in [-0.3, -0.25) is 0 Å². The van der Waals surface area contributed by atoms with Gasteiger partial charge in [0.15, 0.2) is 4.77 Å². The van der Waals surface area contributed by atoms with Gasteiger partial charge < -0.3 is 9.55 Å². The van der Waals surface area contributed by atoms with Crippen LogP contribution in [-0.4, -0.2) is 9.55 Å². The van der Waals surface area contributed by atoms with Gasteiger partial charge in [0, 0.05) is 10.1 Å². The highest BCUT2D eigenvalue weighted by molar-refractivity contribution is 14.1. The summed E-state index contributed by atoms with van der Waals surface area (Å²) in [6.45, 7) is 3.43. The van der Waals surface area contributed by atoms with Crippen LogP contribution in [0.3, 0.4) is 0 Å². The second-order valence-electron chi connectivity index (χ2n) is 5.49. The number of nitrogens with zero attached hydrogens (tertiary/aromatic N) is 1. The van der Waals surface area contributed by atoms with Gasteiger partial charge in [-0.15, -0.1) is 0 Å². The second kappa shape index (κ2) is 4.96. The number of imidazole rings is 1. The Bertz CT molecular complexity index is 628. The second-order valence-corrected chi connectivity index (χ2v) is 7.12. The first-order valence-corrected chi connectivity index (χ1v) is 8.00. The molecule has 1 N–H and O–H groups in total. The molecule has 2 unspecified atom stereocenters. The minimum atomic E-state index is 0.796. The summed E-state index contributed by atoms with van der Waals surface area (Å²) < 4.78 is 4.40. The van der Waals surface area contributed by atoms with Crippen LogP contribution in [0.25, 0.3) is 11.0 Å². The average Bonchev–Trinajstić information content (AvgIpc) is 2.84. The van der Waals surface area contributed by atoms with E-state index in [-0.39, 0.29) is 0 Å². The van der Waals surface area contributed by atoms with E-state index in [1.807, 2.05) is 0 Å². The predicted octanol–water partition coefficient (Wildman–Crippen LogP) is 4.74. The Kier molecular flexibility index (Phi) is 3.49. The molecule has 0 aliphatic heterocycles. The van der Waals surface area contributed by atoms with Crippen molar-refractivity contribution in [2.45, 2.75) is 32.7 Å². The molecule has 2 nitrogen and oxygen atoms in total. The fourth-order valence-electron chi connectivity index (χ4n) is 3.07. The molecule has 1 aromatic carbocycles. The molecule has 1 saturated carbocycles. The molecule has 0 bridgehead atoms. The Labute approximate surface area is 126 Å². The SMILES string of the molecule is CC1CCC(Cn2c(=S)[nH]c3cc(I)ccc32)C1. The zero-order valence-electron chi connectivity index (χ0n) is 10.4. The number of halogens is 1. The fraction of sp³-hybridized carbons (Fsp3) is 0.500. The van der Waals surface area contributed by atoms with Crippen LogP contribution in [-0.2, 0) is 6.54 Å². The van der Waals surface area contributed by atoms with E-state index in [0.717, 1.165) is 28.7 Å². The molecule has 1 aliphatic rings. The van der Waals surface area contributed by atoms with E-state index in [1.54, 1.807) is 0 Å². The van der Waals surface area contributed by atoms with Crippen LogP contribution >= 0.6 is 34.8 Å². The van der Waals surface area contributed by atoms with Crippen LogP contribution in [0.15, 0.2) is 18.2 Å². The number of hydrogen-bond acceptors (Lipinski definition) is 1. The topological polar surface area (TPSA) is 20.7 Å². The molecule has 2 atom stereocenters. The smallest absolute Gasteiger partial charge is 0.178 e. The lowest BCUT2D eigenvalue weighted by molar-refractivity contribution is 0.444. The Balaban J connectivity index is 1.96. The van der Waals surface area contributed by atoms with Crippen molar-refractivity contribution in [3.8, 4) is 0 Å². The molecule has 1 heterocycles. The normalized spacial score (nSPS) is 23.9. The Morgan fingerprint density at radius 1 is 1.44 bits per heavy atom. The van der Waals surface area contributed by atoms with Crippen LogP contribution in [0.5, 0.6) is 0 Å². The quantitative estimate of drug-likeness (QED) is 0.597. The first-order valence-electron chi connectivity index (χ1n) is 6.51. The summed E-state index contributed by atoms with van der Waals surface area (Å²) in [6, 6.07) is 6.50. The highest BCUT2D eigenvalue weighted by Crippen LogP contribution is 2.32. The summed E-state index contributed by atoms with van der Waals surface area (Å²) in [5.41, 5.74) is 2.41. The summed E-state index contributed by atoms with van der Waals surface area (Å²) in [4.78, 5) is 3.33. The van der Waals surface area contributed by atoms with Gasteiger partial charge in [-0.1, -0.05) is 13.3 Å². The van der Waals surface area contributed by atoms with Crippen molar-refractivity contribution < 1.29 is 0 Å². The molecule has 0 spiro atoms. The molecule has 18 heavy (non-hydrogen) atoms. The van der Waals surface area contributed by atoms with Crippen LogP contribution in [0.4, 0.5) is 0 Å². The van der Waals surface area contributed by atoms with Crippen LogP contribution < -0.4 is 0 Å². The molecule has 1 fully saturated rings. The minimum absolute atomic E-state index is 0.796. The van der Waals surface area contributed by atoms with Crippen molar-refractivity contribution in [3.05, 3.63) is 26.5 Å². The summed E-state index contributed by atoms with van der Waals surface area (Å²) in [5, 5.41) is 0. The molecule has 0 radical (unpaired) electrons. The zero-order chi connectivity index (χ0) is 12.7. The summed E-state index contributed by atoms with van der Waals surface area (Å²) in [7, 11) is 0. The van der Waals surface area contributed by atoms with E-state index in [2.05, 4.69) is 57.3 Å². The molecule has 0 saturated heterocycles. The number of rotatable bonds is 2. The van der Waals surface area contributed by atoms with Crippen molar-refractivity contribution in [2.24, 2.45) is 11.8 Å². The van der Waals surface area contributed by atoms with Gasteiger partial charge in [0.05, 0.1) is 11.0 Å². The maximum atomic E-state index is 5.47. The number of aromatic amines is 1. The standard InChI is InChI=1S/C14H17IN2S/c1-9-2-3-10(6-9)8-17-13-5-4-11(15)7-12(13)16-14(17)18/h4-5,7,9-10H,2-3,6,8H2,1H3,(H,16,18). The van der Waals surface area contributed by atoms with E-state index in [1.165, 1.54) is 28.3 Å². The third-order valence-electron chi connectivity index (χ3n) is 3.98. The summed E-state index contributed by atoms with van der Waals surface area (Å²) >= 11 is 7.80. The maximum absolute atomic E-state index is 5.47. The van der Waals surface area contributed by atoms with Gasteiger partial charge in [0.2, 0.25) is 0 Å². The van der Waals surface area contributed by atoms with E-state index >= 15 is 0 Å². The van der Waals surface area contributed by atoms with Crippen molar-refractivity contribution in [2.75, 3.05) is 0 Å². The van der Waals surface area contributed by atoms with Gasteiger partial charge in [0.25, 0.3) is 0 Å². The average molecular weight is 372 g/mol. The number of H-pyrrole nitrogens is 1. The molecule has 1 aromatic heterocycles. The molecular formula is C14H17IN2S. The van der Waals surface area contributed by atoms with Crippen molar-refractivity contribution in [1.29, 1.82) is 0 Å². The zero-order valence-corrected chi connectivity index (χ0v) is 13.4. The first kappa shape index (κ1) is 12.7. The van der Waals surface area contributed by atoms with E-state index in [0.29, 0.717) is 0 Å². The number of fused-ring (bicyclic) bond motifs is 1. The fourth-order valence-corrected chi connectivity index (χ4v) is 3.84. The molecule has 0 amide bonds. The van der Waals surface area contributed by atoms with Crippen molar-refractivity contribution in [3.63, 3.8) is 0 Å². The lowest BCUT2D eigenvalue weighted by atomic mass is 10.1. The lowest BCUT2D eigenvalue weighted by Crippen LogP contribution is -2.07. The largest absolute Gasteiger partial charge is 0.331 e. The predicted molar refractivity (Wildman–Crippen MR) is 86.3 cm³/mol. The summed E-state index contributed by atoms with van der Waals surface area (Å²) in [6.07, 6.45) is 4.07. The lowest BCUT2D eigenvalue weighted by Gasteiger charge is -2.11. The first-order chi connectivity index (χ1) is 8.63. The van der Waals surface area contributed by atoms with Crippen LogP contribution in [0, 0.1) is 20.2 Å². The minimum Gasteiger partial charge on any atom is -0.331 e. The Morgan fingerprint density at radius 2 is 2.28 bits per heavy atom.